The Morgan fingerprint density at radius 1 is 1.24 bits per heavy atom. The highest BCUT2D eigenvalue weighted by molar-refractivity contribution is 7.99. The minimum Gasteiger partial charge on any atom is -0.314 e. The normalized spacial score (nSPS) is 23.4. The van der Waals surface area contributed by atoms with Gasteiger partial charge in [0.05, 0.1) is 0 Å². The Labute approximate surface area is 134 Å². The zero-order valence-corrected chi connectivity index (χ0v) is 14.1. The predicted octanol–water partition coefficient (Wildman–Crippen LogP) is 5.21. The van der Waals surface area contributed by atoms with Gasteiger partial charge >= 0.3 is 0 Å². The van der Waals surface area contributed by atoms with Crippen molar-refractivity contribution in [2.75, 3.05) is 12.3 Å². The number of thioether (sulfide) groups is 1. The third-order valence-corrected chi connectivity index (χ3v) is 6.50. The highest BCUT2D eigenvalue weighted by Crippen LogP contribution is 2.42. The lowest BCUT2D eigenvalue weighted by Crippen LogP contribution is -2.36. The van der Waals surface area contributed by atoms with Crippen molar-refractivity contribution in [3.63, 3.8) is 0 Å². The Balaban J connectivity index is 1.56. The van der Waals surface area contributed by atoms with Crippen molar-refractivity contribution >= 4 is 11.8 Å². The molecule has 0 saturated heterocycles. The summed E-state index contributed by atoms with van der Waals surface area (Å²) in [7, 11) is 0. The van der Waals surface area contributed by atoms with E-state index in [0.29, 0.717) is 0 Å². The highest BCUT2D eigenvalue weighted by Gasteiger charge is 2.27. The molecule has 1 heterocycles. The summed E-state index contributed by atoms with van der Waals surface area (Å²) in [5, 5.41) is 3.85. The SMILES string of the molecule is CCCNC(CCC1CSc2ccccc21)C1CCCC1. The van der Waals surface area contributed by atoms with Crippen molar-refractivity contribution < 1.29 is 0 Å². The lowest BCUT2D eigenvalue weighted by Gasteiger charge is -2.26. The molecule has 2 heteroatoms. The molecule has 1 aliphatic carbocycles. The van der Waals surface area contributed by atoms with Crippen LogP contribution >= 0.6 is 11.8 Å². The number of benzene rings is 1. The average molecular weight is 304 g/mol. The molecule has 1 fully saturated rings. The quantitative estimate of drug-likeness (QED) is 0.741. The number of hydrogen-bond donors (Lipinski definition) is 1. The van der Waals surface area contributed by atoms with Crippen LogP contribution in [0.2, 0.25) is 0 Å². The van der Waals surface area contributed by atoms with E-state index in [1.54, 1.807) is 5.56 Å². The fraction of sp³-hybridized carbons (Fsp3) is 0.684. The van der Waals surface area contributed by atoms with E-state index >= 15 is 0 Å². The first kappa shape index (κ1) is 15.4. The highest BCUT2D eigenvalue weighted by atomic mass is 32.2. The Kier molecular flexibility index (Phi) is 5.65. The molecule has 21 heavy (non-hydrogen) atoms. The standard InChI is InChI=1S/C19H29NS/c1-2-13-20-18(15-7-3-4-8-15)12-11-16-14-21-19-10-6-5-9-17(16)19/h5-6,9-10,15-16,18,20H,2-4,7-8,11-14H2,1H3. The molecule has 3 rings (SSSR count). The van der Waals surface area contributed by atoms with E-state index in [1.807, 2.05) is 0 Å². The summed E-state index contributed by atoms with van der Waals surface area (Å²) in [6, 6.07) is 9.80. The second kappa shape index (κ2) is 7.69. The van der Waals surface area contributed by atoms with E-state index in [-0.39, 0.29) is 0 Å². The van der Waals surface area contributed by atoms with Crippen molar-refractivity contribution in [2.45, 2.75) is 68.7 Å². The van der Waals surface area contributed by atoms with Gasteiger partial charge in [-0.1, -0.05) is 38.0 Å². The Morgan fingerprint density at radius 3 is 2.86 bits per heavy atom. The molecule has 1 N–H and O–H groups in total. The van der Waals surface area contributed by atoms with E-state index < -0.39 is 0 Å². The van der Waals surface area contributed by atoms with Gasteiger partial charge in [0.15, 0.2) is 0 Å². The molecule has 0 aromatic heterocycles. The Bertz CT molecular complexity index is 439. The van der Waals surface area contributed by atoms with Gasteiger partial charge in [-0.05, 0) is 62.1 Å². The van der Waals surface area contributed by atoms with Crippen LogP contribution in [0.25, 0.3) is 0 Å². The largest absolute Gasteiger partial charge is 0.314 e. The molecule has 1 aromatic carbocycles. The number of hydrogen-bond acceptors (Lipinski definition) is 2. The maximum absolute atomic E-state index is 3.85. The lowest BCUT2D eigenvalue weighted by atomic mass is 9.88. The van der Waals surface area contributed by atoms with Crippen LogP contribution in [0.5, 0.6) is 0 Å². The van der Waals surface area contributed by atoms with Gasteiger partial charge in [0.2, 0.25) is 0 Å². The van der Waals surface area contributed by atoms with E-state index in [9.17, 15) is 0 Å². The molecular formula is C19H29NS. The molecule has 0 spiro atoms. The van der Waals surface area contributed by atoms with Crippen LogP contribution in [-0.4, -0.2) is 18.3 Å². The fourth-order valence-corrected chi connectivity index (χ4v) is 5.35. The van der Waals surface area contributed by atoms with Crippen molar-refractivity contribution in [1.82, 2.24) is 5.32 Å². The van der Waals surface area contributed by atoms with Crippen LogP contribution in [0.3, 0.4) is 0 Å². The third kappa shape index (κ3) is 3.84. The number of fused-ring (bicyclic) bond motifs is 1. The Morgan fingerprint density at radius 2 is 2.05 bits per heavy atom. The van der Waals surface area contributed by atoms with Gasteiger partial charge in [-0.2, -0.15) is 0 Å². The van der Waals surface area contributed by atoms with Gasteiger partial charge in [-0.15, -0.1) is 11.8 Å². The number of rotatable bonds is 7. The van der Waals surface area contributed by atoms with E-state index in [2.05, 4.69) is 48.3 Å². The first-order chi connectivity index (χ1) is 10.4. The van der Waals surface area contributed by atoms with Crippen LogP contribution in [-0.2, 0) is 0 Å². The summed E-state index contributed by atoms with van der Waals surface area (Å²) in [5.74, 6) is 3.03. The van der Waals surface area contributed by atoms with E-state index in [1.165, 1.54) is 62.1 Å². The van der Waals surface area contributed by atoms with Crippen molar-refractivity contribution in [3.8, 4) is 0 Å². The molecule has 1 aromatic rings. The molecular weight excluding hydrogens is 274 g/mol. The molecule has 2 atom stereocenters. The molecule has 116 valence electrons. The molecule has 0 radical (unpaired) electrons. The summed E-state index contributed by atoms with van der Waals surface area (Å²) in [4.78, 5) is 1.53. The minimum absolute atomic E-state index is 0.769. The van der Waals surface area contributed by atoms with Crippen LogP contribution in [0, 0.1) is 5.92 Å². The third-order valence-electron chi connectivity index (χ3n) is 5.25. The molecule has 1 nitrogen and oxygen atoms in total. The summed E-state index contributed by atoms with van der Waals surface area (Å²) in [6.45, 7) is 3.47. The van der Waals surface area contributed by atoms with Gasteiger partial charge in [-0.3, -0.25) is 0 Å². The maximum atomic E-state index is 3.85. The molecule has 2 unspecified atom stereocenters. The van der Waals surface area contributed by atoms with Crippen LogP contribution in [0.15, 0.2) is 29.2 Å². The monoisotopic (exact) mass is 303 g/mol. The van der Waals surface area contributed by atoms with Gasteiger partial charge in [0, 0.05) is 16.7 Å². The lowest BCUT2D eigenvalue weighted by molar-refractivity contribution is 0.329. The first-order valence-electron chi connectivity index (χ1n) is 8.83. The van der Waals surface area contributed by atoms with Gasteiger partial charge < -0.3 is 5.32 Å². The minimum atomic E-state index is 0.769. The summed E-state index contributed by atoms with van der Waals surface area (Å²) in [6.07, 6.45) is 9.81. The second-order valence-electron chi connectivity index (χ2n) is 6.73. The van der Waals surface area contributed by atoms with Gasteiger partial charge in [-0.25, -0.2) is 0 Å². The smallest absolute Gasteiger partial charge is 0.0107 e. The summed E-state index contributed by atoms with van der Waals surface area (Å²) < 4.78 is 0. The van der Waals surface area contributed by atoms with E-state index in [0.717, 1.165) is 17.9 Å². The van der Waals surface area contributed by atoms with Gasteiger partial charge in [0.1, 0.15) is 0 Å². The topological polar surface area (TPSA) is 12.0 Å². The predicted molar refractivity (Wildman–Crippen MR) is 93.2 cm³/mol. The summed E-state index contributed by atoms with van der Waals surface area (Å²) in [5.41, 5.74) is 1.61. The molecule has 0 bridgehead atoms. The van der Waals surface area contributed by atoms with Crippen molar-refractivity contribution in [1.29, 1.82) is 0 Å². The van der Waals surface area contributed by atoms with Crippen molar-refractivity contribution in [2.24, 2.45) is 5.92 Å². The van der Waals surface area contributed by atoms with Crippen LogP contribution in [0.1, 0.15) is 63.4 Å². The molecule has 1 aliphatic heterocycles. The van der Waals surface area contributed by atoms with Crippen LogP contribution in [0.4, 0.5) is 0 Å². The molecule has 0 amide bonds. The second-order valence-corrected chi connectivity index (χ2v) is 7.79. The number of nitrogens with one attached hydrogen (secondary N) is 1. The molecule has 1 saturated carbocycles. The first-order valence-corrected chi connectivity index (χ1v) is 9.82. The Hall–Kier alpha value is -0.470. The zero-order valence-electron chi connectivity index (χ0n) is 13.3. The van der Waals surface area contributed by atoms with Crippen LogP contribution < -0.4 is 5.32 Å². The average Bonchev–Trinajstić information content (AvgIpc) is 3.17. The maximum Gasteiger partial charge on any atom is 0.0107 e. The fourth-order valence-electron chi connectivity index (χ4n) is 4.04. The van der Waals surface area contributed by atoms with Gasteiger partial charge in [0.25, 0.3) is 0 Å². The summed E-state index contributed by atoms with van der Waals surface area (Å²) >= 11 is 2.06. The van der Waals surface area contributed by atoms with Crippen molar-refractivity contribution in [3.05, 3.63) is 29.8 Å². The zero-order chi connectivity index (χ0) is 14.5. The molecule has 2 aliphatic rings. The van der Waals surface area contributed by atoms with E-state index in [4.69, 9.17) is 0 Å².